The van der Waals surface area contributed by atoms with Crippen LogP contribution in [0.5, 0.6) is 0 Å². The van der Waals surface area contributed by atoms with Crippen molar-refractivity contribution < 1.29 is 29.3 Å². The van der Waals surface area contributed by atoms with E-state index in [-0.39, 0.29) is 18.9 Å². The highest BCUT2D eigenvalue weighted by atomic mass is 33.1. The molecule has 5 heterocycles. The molecule has 0 saturated carbocycles. The van der Waals surface area contributed by atoms with Gasteiger partial charge in [-0.1, -0.05) is 35.4 Å². The largest absolute Gasteiger partial charge is 0.494 e. The Bertz CT molecular complexity index is 858. The summed E-state index contributed by atoms with van der Waals surface area (Å²) >= 11 is 0. The molecule has 0 unspecified atom stereocenters. The number of ketones is 1. The van der Waals surface area contributed by atoms with Crippen LogP contribution in [0.1, 0.15) is 33.6 Å². The van der Waals surface area contributed by atoms with Crippen molar-refractivity contribution in [3.05, 3.63) is 11.3 Å². The zero-order chi connectivity index (χ0) is 19.6. The highest BCUT2D eigenvalue weighted by molar-refractivity contribution is 8.78. The maximum atomic E-state index is 13.4. The van der Waals surface area contributed by atoms with Gasteiger partial charge in [0.15, 0.2) is 21.1 Å². The summed E-state index contributed by atoms with van der Waals surface area (Å²) in [5.41, 5.74) is -1.95. The summed E-state index contributed by atoms with van der Waals surface area (Å²) < 4.78 is 5.92. The van der Waals surface area contributed by atoms with Gasteiger partial charge >= 0.3 is 0 Å². The number of Topliss-reactive ketones (excluding diaryl/α,β-unsaturated/α-hetero) is 1. The van der Waals surface area contributed by atoms with Crippen LogP contribution in [0, 0.1) is 5.41 Å². The smallest absolute Gasteiger partial charge is 0.264 e. The van der Waals surface area contributed by atoms with Crippen molar-refractivity contribution in [1.29, 1.82) is 0 Å². The number of carbonyl (C=O) groups excluding carboxylic acids is 3. The minimum atomic E-state index is -1.85. The van der Waals surface area contributed by atoms with Crippen LogP contribution in [-0.4, -0.2) is 66.8 Å². The fourth-order valence-electron chi connectivity index (χ4n) is 4.93. The third-order valence-corrected chi connectivity index (χ3v) is 10.3. The molecule has 1 aliphatic carbocycles. The van der Waals surface area contributed by atoms with Crippen LogP contribution in [0.3, 0.4) is 0 Å². The van der Waals surface area contributed by atoms with Gasteiger partial charge in [0.05, 0.1) is 12.6 Å². The third-order valence-electron chi connectivity index (χ3n) is 6.80. The van der Waals surface area contributed by atoms with Crippen LogP contribution < -0.4 is 5.32 Å². The van der Waals surface area contributed by atoms with E-state index >= 15 is 0 Å². The van der Waals surface area contributed by atoms with Crippen molar-refractivity contribution >= 4 is 39.2 Å². The Hall–Kier alpha value is -1.23. The number of ether oxygens (including phenoxy) is 1. The number of fused-ring (bicyclic) bond motifs is 3. The lowest BCUT2D eigenvalue weighted by Gasteiger charge is -2.54. The number of hydrogen-bond donors (Lipinski definition) is 3. The van der Waals surface area contributed by atoms with Gasteiger partial charge in [-0.15, -0.1) is 0 Å². The van der Waals surface area contributed by atoms with E-state index in [9.17, 15) is 24.6 Å². The van der Waals surface area contributed by atoms with Gasteiger partial charge in [0.1, 0.15) is 11.9 Å². The molecule has 1 spiro atoms. The molecule has 4 saturated heterocycles. The lowest BCUT2D eigenvalue weighted by atomic mass is 9.69. The van der Waals surface area contributed by atoms with E-state index in [4.69, 9.17) is 4.74 Å². The number of hydrogen-bond acceptors (Lipinski definition) is 8. The molecule has 10 heteroatoms. The molecule has 2 amide bonds. The molecule has 4 fully saturated rings. The predicted molar refractivity (Wildman–Crippen MR) is 97.1 cm³/mol. The summed E-state index contributed by atoms with van der Waals surface area (Å²) in [5.74, 6) is -0.894. The molecule has 146 valence electrons. The number of carbonyl (C=O) groups is 3. The zero-order valence-electron chi connectivity index (χ0n) is 15.1. The Kier molecular flexibility index (Phi) is 3.20. The number of aliphatic hydroxyl groups excluding tert-OH is 1. The Morgan fingerprint density at radius 3 is 2.63 bits per heavy atom. The first-order valence-electron chi connectivity index (χ1n) is 8.85. The van der Waals surface area contributed by atoms with Gasteiger partial charge in [0.25, 0.3) is 11.8 Å². The van der Waals surface area contributed by atoms with Crippen molar-refractivity contribution in [2.75, 3.05) is 6.61 Å². The van der Waals surface area contributed by atoms with Gasteiger partial charge in [-0.05, 0) is 6.92 Å². The zero-order valence-corrected chi connectivity index (χ0v) is 16.7. The summed E-state index contributed by atoms with van der Waals surface area (Å²) in [6.45, 7) is 5.12. The van der Waals surface area contributed by atoms with Gasteiger partial charge in [-0.2, -0.15) is 0 Å². The third kappa shape index (κ3) is 1.75. The highest BCUT2D eigenvalue weighted by Crippen LogP contribution is 2.65. The molecule has 0 aromatic rings. The van der Waals surface area contributed by atoms with Gasteiger partial charge in [0, 0.05) is 23.8 Å². The first-order chi connectivity index (χ1) is 12.5. The molecule has 6 aliphatic rings. The summed E-state index contributed by atoms with van der Waals surface area (Å²) in [6.07, 6.45) is -0.214. The Morgan fingerprint density at radius 1 is 1.30 bits per heavy atom. The van der Waals surface area contributed by atoms with Crippen molar-refractivity contribution in [3.8, 4) is 0 Å². The van der Waals surface area contributed by atoms with Crippen LogP contribution in [0.2, 0.25) is 0 Å². The summed E-state index contributed by atoms with van der Waals surface area (Å²) in [7, 11) is 2.22. The molecular weight excluding hydrogens is 392 g/mol. The van der Waals surface area contributed by atoms with E-state index in [0.29, 0.717) is 11.3 Å². The lowest BCUT2D eigenvalue weighted by molar-refractivity contribution is -0.156. The van der Waals surface area contributed by atoms with Crippen LogP contribution in [-0.2, 0) is 19.1 Å². The SMILES string of the molecule is C[C@H]1OC2=C(C(=O)[C@]3(O)C[C@@]45SS[C@@](CO)(NC4=O)C(=O)N5[C@@H]3C2)C1(C)C. The first kappa shape index (κ1) is 17.8. The average molecular weight is 412 g/mol. The molecule has 6 rings (SSSR count). The quantitative estimate of drug-likeness (QED) is 0.512. The number of nitrogens with one attached hydrogen (secondary N) is 1. The average Bonchev–Trinajstić information content (AvgIpc) is 3.00. The maximum absolute atomic E-state index is 13.4. The summed E-state index contributed by atoms with van der Waals surface area (Å²) in [4.78, 5) is 38.0. The standard InChI is InChI=1S/C17H20N2O6S2/c1-7-14(2,3)10-8(25-7)4-9-15(24,11(10)21)5-17-12(22)18-16(6-20,26-27-17)13(23)19(9)17/h7,9,20,24H,4-6H2,1-3H3,(H,18,22)/t7-,9-,15+,16-,17-/m1/s1. The summed E-state index contributed by atoms with van der Waals surface area (Å²) in [6, 6.07) is -0.886. The van der Waals surface area contributed by atoms with Gasteiger partial charge < -0.3 is 25.2 Å². The van der Waals surface area contributed by atoms with Crippen molar-refractivity contribution in [2.24, 2.45) is 5.41 Å². The molecule has 0 aromatic heterocycles. The second-order valence-electron chi connectivity index (χ2n) is 8.50. The predicted octanol–water partition coefficient (Wildman–Crippen LogP) is -0.100. The molecular formula is C17H20N2O6S2. The van der Waals surface area contributed by atoms with E-state index < -0.39 is 51.0 Å². The highest BCUT2D eigenvalue weighted by Gasteiger charge is 2.77. The monoisotopic (exact) mass is 412 g/mol. The molecule has 0 aromatic carbocycles. The number of rotatable bonds is 1. The fourth-order valence-corrected chi connectivity index (χ4v) is 8.25. The van der Waals surface area contributed by atoms with Crippen LogP contribution in [0.4, 0.5) is 0 Å². The number of aliphatic hydroxyl groups is 2. The lowest BCUT2D eigenvalue weighted by Crippen LogP contribution is -2.77. The number of amides is 2. The number of piperazine rings is 1. The first-order valence-corrected chi connectivity index (χ1v) is 11.0. The topological polar surface area (TPSA) is 116 Å². The maximum Gasteiger partial charge on any atom is 0.264 e. The normalized spacial score (nSPS) is 46.9. The Morgan fingerprint density at radius 2 is 2.00 bits per heavy atom. The number of nitrogens with zero attached hydrogens (tertiary/aromatic N) is 1. The van der Waals surface area contributed by atoms with Crippen LogP contribution in [0.25, 0.3) is 0 Å². The summed E-state index contributed by atoms with van der Waals surface area (Å²) in [5, 5.41) is 23.9. The molecule has 5 atom stereocenters. The molecule has 5 aliphatic heterocycles. The van der Waals surface area contributed by atoms with Crippen molar-refractivity contribution in [3.63, 3.8) is 0 Å². The van der Waals surface area contributed by atoms with E-state index in [1.54, 1.807) is 0 Å². The van der Waals surface area contributed by atoms with Crippen LogP contribution in [0.15, 0.2) is 11.3 Å². The van der Waals surface area contributed by atoms with Gasteiger partial charge in [-0.25, -0.2) is 0 Å². The van der Waals surface area contributed by atoms with Crippen LogP contribution >= 0.6 is 21.6 Å². The second-order valence-corrected chi connectivity index (χ2v) is 11.2. The Balaban J connectivity index is 1.66. The minimum Gasteiger partial charge on any atom is -0.494 e. The van der Waals surface area contributed by atoms with Gasteiger partial charge in [-0.3, -0.25) is 14.4 Å². The van der Waals surface area contributed by atoms with Crippen molar-refractivity contribution in [1.82, 2.24) is 10.2 Å². The van der Waals surface area contributed by atoms with Gasteiger partial charge in [0.2, 0.25) is 0 Å². The molecule has 3 N–H and O–H groups in total. The minimum absolute atomic E-state index is 0.165. The Labute approximate surface area is 163 Å². The van der Waals surface area contributed by atoms with Crippen molar-refractivity contribution in [2.45, 2.75) is 61.1 Å². The van der Waals surface area contributed by atoms with E-state index in [1.807, 2.05) is 20.8 Å². The fraction of sp³-hybridized carbons (Fsp3) is 0.706. The van der Waals surface area contributed by atoms with E-state index in [1.165, 1.54) is 4.90 Å². The molecule has 27 heavy (non-hydrogen) atoms. The molecule has 2 bridgehead atoms. The van der Waals surface area contributed by atoms with E-state index in [2.05, 4.69) is 5.32 Å². The second kappa shape index (κ2) is 4.84. The van der Waals surface area contributed by atoms with E-state index in [0.717, 1.165) is 21.6 Å². The molecule has 8 nitrogen and oxygen atoms in total. The molecule has 0 radical (unpaired) electrons.